The molecule has 204 valence electrons. The molecule has 3 N–H and O–H groups in total. The summed E-state index contributed by atoms with van der Waals surface area (Å²) in [6, 6.07) is 15.1. The molecule has 2 aromatic rings. The van der Waals surface area contributed by atoms with E-state index in [1.807, 2.05) is 17.0 Å². The van der Waals surface area contributed by atoms with Crippen molar-refractivity contribution in [1.82, 2.24) is 15.1 Å². The van der Waals surface area contributed by atoms with Crippen LogP contribution in [0.5, 0.6) is 0 Å². The van der Waals surface area contributed by atoms with Gasteiger partial charge < -0.3 is 16.0 Å². The van der Waals surface area contributed by atoms with Crippen LogP contribution in [0.1, 0.15) is 85.2 Å². The minimum atomic E-state index is -0.372. The number of nitrogens with two attached hydrogens (primary N) is 1. The van der Waals surface area contributed by atoms with Crippen LogP contribution in [0.15, 0.2) is 48.5 Å². The molecular formula is C31H41FN4O2. The number of piperidine rings is 1. The number of nitrogens with one attached hydrogen (secondary N) is 1. The molecule has 2 aromatic carbocycles. The van der Waals surface area contributed by atoms with Crippen molar-refractivity contribution in [2.24, 2.45) is 11.7 Å². The Balaban J connectivity index is 1.20. The number of primary amides is 1. The molecule has 38 heavy (non-hydrogen) atoms. The highest BCUT2D eigenvalue weighted by atomic mass is 19.1. The van der Waals surface area contributed by atoms with Crippen molar-refractivity contribution in [1.29, 1.82) is 0 Å². The van der Waals surface area contributed by atoms with Gasteiger partial charge >= 0.3 is 6.03 Å². The van der Waals surface area contributed by atoms with Gasteiger partial charge in [-0.3, -0.25) is 9.69 Å². The van der Waals surface area contributed by atoms with Crippen LogP contribution in [0.25, 0.3) is 0 Å². The molecule has 0 aromatic heterocycles. The zero-order valence-corrected chi connectivity index (χ0v) is 22.3. The van der Waals surface area contributed by atoms with E-state index in [0.29, 0.717) is 36.0 Å². The van der Waals surface area contributed by atoms with Crippen LogP contribution in [0.3, 0.4) is 0 Å². The molecule has 2 saturated heterocycles. The van der Waals surface area contributed by atoms with Gasteiger partial charge in [-0.1, -0.05) is 43.5 Å². The molecular weight excluding hydrogens is 479 g/mol. The van der Waals surface area contributed by atoms with Crippen molar-refractivity contribution in [2.75, 3.05) is 19.6 Å². The third-order valence-electron chi connectivity index (χ3n) is 9.00. The van der Waals surface area contributed by atoms with Gasteiger partial charge in [0.05, 0.1) is 0 Å². The lowest BCUT2D eigenvalue weighted by molar-refractivity contribution is 0.0998. The van der Waals surface area contributed by atoms with E-state index in [2.05, 4.69) is 16.3 Å². The lowest BCUT2D eigenvalue weighted by atomic mass is 9.84. The van der Waals surface area contributed by atoms with Crippen molar-refractivity contribution in [3.05, 3.63) is 71.0 Å². The first-order chi connectivity index (χ1) is 18.5. The highest BCUT2D eigenvalue weighted by Gasteiger charge is 2.41. The Morgan fingerprint density at radius 2 is 1.68 bits per heavy atom. The predicted molar refractivity (Wildman–Crippen MR) is 147 cm³/mol. The number of fused-ring (bicyclic) bond motifs is 2. The summed E-state index contributed by atoms with van der Waals surface area (Å²) in [6.45, 7) is 2.82. The van der Waals surface area contributed by atoms with Gasteiger partial charge in [0.1, 0.15) is 5.82 Å². The predicted octanol–water partition coefficient (Wildman–Crippen LogP) is 5.43. The number of benzene rings is 2. The summed E-state index contributed by atoms with van der Waals surface area (Å²) in [5.41, 5.74) is 8.23. The van der Waals surface area contributed by atoms with Gasteiger partial charge in [-0.15, -0.1) is 0 Å². The number of rotatable bonds is 9. The van der Waals surface area contributed by atoms with Gasteiger partial charge in [-0.2, -0.15) is 0 Å². The standard InChI is InChI=1S/C31H41FN4O2/c32-27-11-9-22(10-12-27)20-34-31(38)35(21-23-5-2-1-3-6-23)15-16-36-28-13-14-29(36)19-26(18-28)24-7-4-8-25(17-24)30(33)37/h4,7-12,17,23,26,28-29H,1-3,5-6,13-16,18-21H2,(H2,33,37)(H,34,38)/t26-,28+,29-. The first kappa shape index (κ1) is 26.7. The fourth-order valence-corrected chi connectivity index (χ4v) is 6.94. The number of halogens is 1. The number of urea groups is 1. The quantitative estimate of drug-likeness (QED) is 0.463. The Labute approximate surface area is 225 Å². The molecule has 3 amide bonds. The summed E-state index contributed by atoms with van der Waals surface area (Å²) >= 11 is 0. The smallest absolute Gasteiger partial charge is 0.317 e. The molecule has 0 radical (unpaired) electrons. The number of amides is 3. The maximum atomic E-state index is 13.3. The van der Waals surface area contributed by atoms with E-state index in [1.165, 1.54) is 62.6 Å². The van der Waals surface area contributed by atoms with E-state index in [9.17, 15) is 14.0 Å². The number of hydrogen-bond donors (Lipinski definition) is 2. The van der Waals surface area contributed by atoms with Gasteiger partial charge in [-0.25, -0.2) is 9.18 Å². The summed E-state index contributed by atoms with van der Waals surface area (Å²) < 4.78 is 13.3. The van der Waals surface area contributed by atoms with E-state index in [0.717, 1.165) is 38.0 Å². The monoisotopic (exact) mass is 520 g/mol. The van der Waals surface area contributed by atoms with Gasteiger partial charge in [0.2, 0.25) is 5.91 Å². The van der Waals surface area contributed by atoms with E-state index in [4.69, 9.17) is 5.73 Å². The van der Waals surface area contributed by atoms with Crippen LogP contribution in [-0.4, -0.2) is 53.5 Å². The van der Waals surface area contributed by atoms with Gasteiger partial charge in [0, 0.05) is 43.8 Å². The topological polar surface area (TPSA) is 78.7 Å². The minimum absolute atomic E-state index is 0.0228. The molecule has 2 aliphatic heterocycles. The van der Waals surface area contributed by atoms with E-state index in [1.54, 1.807) is 18.2 Å². The summed E-state index contributed by atoms with van der Waals surface area (Å²) in [6.07, 6.45) is 10.7. The fourth-order valence-electron chi connectivity index (χ4n) is 6.94. The lowest BCUT2D eigenvalue weighted by Gasteiger charge is -2.40. The summed E-state index contributed by atoms with van der Waals surface area (Å²) in [7, 11) is 0. The molecule has 6 nitrogen and oxygen atoms in total. The van der Waals surface area contributed by atoms with Crippen molar-refractivity contribution in [3.8, 4) is 0 Å². The first-order valence-corrected chi connectivity index (χ1v) is 14.4. The zero-order chi connectivity index (χ0) is 26.5. The molecule has 3 atom stereocenters. The van der Waals surface area contributed by atoms with Crippen LogP contribution in [0, 0.1) is 11.7 Å². The SMILES string of the molecule is NC(=O)c1cccc([C@H]2C[C@H]3CC[C@@H](C2)N3CCN(CC2CCCCC2)C(=O)NCc2ccc(F)cc2)c1. The Hall–Kier alpha value is -2.93. The molecule has 2 bridgehead atoms. The average molecular weight is 521 g/mol. The second-order valence-electron chi connectivity index (χ2n) is 11.5. The van der Waals surface area contributed by atoms with Crippen LogP contribution in [-0.2, 0) is 6.54 Å². The molecule has 5 rings (SSSR count). The van der Waals surface area contributed by atoms with Crippen molar-refractivity contribution in [2.45, 2.75) is 82.3 Å². The molecule has 3 aliphatic rings. The average Bonchev–Trinajstić information content (AvgIpc) is 3.17. The highest BCUT2D eigenvalue weighted by Crippen LogP contribution is 2.43. The Morgan fingerprint density at radius 1 is 0.974 bits per heavy atom. The molecule has 1 aliphatic carbocycles. The largest absolute Gasteiger partial charge is 0.366 e. The molecule has 3 fully saturated rings. The van der Waals surface area contributed by atoms with Crippen molar-refractivity contribution < 1.29 is 14.0 Å². The fraction of sp³-hybridized carbons (Fsp3) is 0.548. The minimum Gasteiger partial charge on any atom is -0.366 e. The van der Waals surface area contributed by atoms with E-state index < -0.39 is 0 Å². The Kier molecular flexibility index (Phi) is 8.62. The Bertz CT molecular complexity index is 1090. The lowest BCUT2D eigenvalue weighted by Crippen LogP contribution is -2.49. The second kappa shape index (κ2) is 12.3. The summed E-state index contributed by atoms with van der Waals surface area (Å²) in [5.74, 6) is 0.377. The van der Waals surface area contributed by atoms with Crippen molar-refractivity contribution in [3.63, 3.8) is 0 Å². The van der Waals surface area contributed by atoms with E-state index in [-0.39, 0.29) is 17.8 Å². The number of hydrogen-bond acceptors (Lipinski definition) is 3. The zero-order valence-electron chi connectivity index (χ0n) is 22.3. The third-order valence-corrected chi connectivity index (χ3v) is 9.00. The Morgan fingerprint density at radius 3 is 2.37 bits per heavy atom. The first-order valence-electron chi connectivity index (χ1n) is 14.4. The number of carbonyl (C=O) groups is 2. The second-order valence-corrected chi connectivity index (χ2v) is 11.5. The van der Waals surface area contributed by atoms with Crippen molar-refractivity contribution >= 4 is 11.9 Å². The van der Waals surface area contributed by atoms with Gasteiger partial charge in [0.15, 0.2) is 0 Å². The molecule has 2 heterocycles. The molecule has 7 heteroatoms. The van der Waals surface area contributed by atoms with Crippen LogP contribution >= 0.6 is 0 Å². The molecule has 0 spiro atoms. The molecule has 0 unspecified atom stereocenters. The summed E-state index contributed by atoms with van der Waals surface area (Å²) in [4.78, 5) is 29.7. The van der Waals surface area contributed by atoms with Crippen LogP contribution in [0.4, 0.5) is 9.18 Å². The van der Waals surface area contributed by atoms with Gasteiger partial charge in [-0.05, 0) is 85.8 Å². The third kappa shape index (κ3) is 6.55. The summed E-state index contributed by atoms with van der Waals surface area (Å²) in [5, 5.41) is 3.09. The number of nitrogens with zero attached hydrogens (tertiary/aromatic N) is 2. The normalized spacial score (nSPS) is 23.8. The van der Waals surface area contributed by atoms with E-state index >= 15 is 0 Å². The molecule has 1 saturated carbocycles. The maximum Gasteiger partial charge on any atom is 0.317 e. The number of carbonyl (C=O) groups excluding carboxylic acids is 2. The van der Waals surface area contributed by atoms with Gasteiger partial charge in [0.25, 0.3) is 0 Å². The van der Waals surface area contributed by atoms with Crippen LogP contribution in [0.2, 0.25) is 0 Å². The van der Waals surface area contributed by atoms with Crippen LogP contribution < -0.4 is 11.1 Å². The highest BCUT2D eigenvalue weighted by molar-refractivity contribution is 5.92. The maximum absolute atomic E-state index is 13.3.